The molecule has 9 nitrogen and oxygen atoms in total. The number of carbonyl (C=O) groups excluding carboxylic acids is 2. The number of carboxylic acids is 1. The maximum Gasteiger partial charge on any atom is 0.410 e. The summed E-state index contributed by atoms with van der Waals surface area (Å²) in [5, 5.41) is 18.4. The number of carboxylic acid groups (broad SMARTS) is 1. The van der Waals surface area contributed by atoms with Gasteiger partial charge in [-0.2, -0.15) is 0 Å². The second-order valence-corrected chi connectivity index (χ2v) is 10.5. The molecule has 0 bridgehead atoms. The van der Waals surface area contributed by atoms with Gasteiger partial charge in [0.15, 0.2) is 0 Å². The number of amides is 2. The number of aliphatic hydroxyl groups is 1. The fraction of sp³-hybridized carbons (Fsp3) is 0.875. The first kappa shape index (κ1) is 33.1. The molecule has 0 unspecified atom stereocenters. The molecule has 2 amide bonds. The number of aliphatic carboxylic acids is 1. The van der Waals surface area contributed by atoms with Crippen molar-refractivity contribution in [1.82, 2.24) is 9.80 Å². The number of rotatable bonds is 8. The first-order chi connectivity index (χ1) is 14.8. The molecule has 2 N–H and O–H groups in total. The molecule has 4 atom stereocenters. The van der Waals surface area contributed by atoms with Gasteiger partial charge < -0.3 is 24.6 Å². The van der Waals surface area contributed by atoms with Gasteiger partial charge in [0.05, 0.1) is 12.6 Å². The molecule has 0 heterocycles. The molecule has 0 saturated heterocycles. The van der Waals surface area contributed by atoms with Gasteiger partial charge in [-0.25, -0.2) is 14.4 Å². The predicted molar refractivity (Wildman–Crippen MR) is 129 cm³/mol. The number of hydrogen-bond acceptors (Lipinski definition) is 6. The second-order valence-electron chi connectivity index (χ2n) is 10.5. The summed E-state index contributed by atoms with van der Waals surface area (Å²) in [5.74, 6) is -0.875. The maximum absolute atomic E-state index is 11.8. The maximum atomic E-state index is 11.8. The first-order valence-electron chi connectivity index (χ1n) is 11.6. The summed E-state index contributed by atoms with van der Waals surface area (Å²) < 4.78 is 10.4. The summed E-state index contributed by atoms with van der Waals surface area (Å²) in [6.07, 6.45) is 0.611. The number of aliphatic hydroxyl groups excluding tert-OH is 1. The Hall–Kier alpha value is -2.03. The quantitative estimate of drug-likeness (QED) is 0.525. The zero-order valence-electron chi connectivity index (χ0n) is 22.8. The number of ether oxygens (including phenoxy) is 2. The summed E-state index contributed by atoms with van der Waals surface area (Å²) in [6, 6.07) is -1.03. The van der Waals surface area contributed by atoms with Crippen molar-refractivity contribution in [2.24, 2.45) is 11.8 Å². The van der Waals surface area contributed by atoms with E-state index in [1.54, 1.807) is 34.7 Å². The Morgan fingerprint density at radius 1 is 0.788 bits per heavy atom. The van der Waals surface area contributed by atoms with Gasteiger partial charge in [0.25, 0.3) is 0 Å². The van der Waals surface area contributed by atoms with Crippen molar-refractivity contribution in [1.29, 1.82) is 0 Å². The molecule has 0 aliphatic carbocycles. The molecule has 0 rings (SSSR count). The Morgan fingerprint density at radius 3 is 1.42 bits per heavy atom. The van der Waals surface area contributed by atoms with Crippen molar-refractivity contribution in [3.05, 3.63) is 0 Å². The predicted octanol–water partition coefficient (Wildman–Crippen LogP) is 4.61. The van der Waals surface area contributed by atoms with Crippen LogP contribution in [0.2, 0.25) is 0 Å². The molecule has 0 saturated carbocycles. The average molecular weight is 477 g/mol. The van der Waals surface area contributed by atoms with Gasteiger partial charge in [-0.3, -0.25) is 4.90 Å². The van der Waals surface area contributed by atoms with Crippen molar-refractivity contribution in [3.63, 3.8) is 0 Å². The van der Waals surface area contributed by atoms with Gasteiger partial charge in [-0.05, 0) is 53.4 Å². The van der Waals surface area contributed by atoms with Gasteiger partial charge in [0, 0.05) is 14.1 Å². The van der Waals surface area contributed by atoms with Gasteiger partial charge in [-0.1, -0.05) is 40.5 Å². The zero-order chi connectivity index (χ0) is 26.7. The van der Waals surface area contributed by atoms with E-state index in [1.807, 2.05) is 41.5 Å². The van der Waals surface area contributed by atoms with E-state index < -0.39 is 29.3 Å². The van der Waals surface area contributed by atoms with E-state index in [1.165, 1.54) is 11.9 Å². The largest absolute Gasteiger partial charge is 0.480 e. The molecule has 0 aromatic rings. The topological polar surface area (TPSA) is 117 Å². The lowest BCUT2D eigenvalue weighted by Gasteiger charge is -2.32. The van der Waals surface area contributed by atoms with E-state index in [-0.39, 0.29) is 30.6 Å². The van der Waals surface area contributed by atoms with Crippen LogP contribution in [0.3, 0.4) is 0 Å². The fourth-order valence-corrected chi connectivity index (χ4v) is 2.89. The number of carbonyl (C=O) groups is 3. The fourth-order valence-electron chi connectivity index (χ4n) is 2.89. The summed E-state index contributed by atoms with van der Waals surface area (Å²) >= 11 is 0. The molecule has 9 heteroatoms. The van der Waals surface area contributed by atoms with E-state index >= 15 is 0 Å². The van der Waals surface area contributed by atoms with Crippen molar-refractivity contribution in [3.8, 4) is 0 Å². The van der Waals surface area contributed by atoms with Crippen LogP contribution in [0, 0.1) is 11.8 Å². The van der Waals surface area contributed by atoms with Crippen LogP contribution in [0.25, 0.3) is 0 Å². The summed E-state index contributed by atoms with van der Waals surface area (Å²) in [6.45, 7) is 18.4. The SMILES string of the molecule is CC[C@H](C)[C@@H](C(=O)O)N(C)C(=O)OC(C)(C)C.CC[C@H](C)[C@@H](CO)N(C)C(=O)OC(C)(C)C. The molecule has 0 aromatic carbocycles. The Morgan fingerprint density at radius 2 is 1.15 bits per heavy atom. The third kappa shape index (κ3) is 13.3. The van der Waals surface area contributed by atoms with Gasteiger partial charge in [0.2, 0.25) is 0 Å². The lowest BCUT2D eigenvalue weighted by atomic mass is 9.98. The van der Waals surface area contributed by atoms with Crippen LogP contribution in [0.4, 0.5) is 9.59 Å². The Bertz CT molecular complexity index is 611. The van der Waals surface area contributed by atoms with Crippen LogP contribution in [0.5, 0.6) is 0 Å². The Labute approximate surface area is 200 Å². The Balaban J connectivity index is 0. The molecular formula is C24H48N2O7. The van der Waals surface area contributed by atoms with Gasteiger partial charge in [-0.15, -0.1) is 0 Å². The normalized spacial score (nSPS) is 15.2. The molecule has 33 heavy (non-hydrogen) atoms. The molecule has 0 radical (unpaired) electrons. The highest BCUT2D eigenvalue weighted by Crippen LogP contribution is 2.18. The van der Waals surface area contributed by atoms with E-state index in [9.17, 15) is 19.5 Å². The van der Waals surface area contributed by atoms with Crippen LogP contribution in [0.15, 0.2) is 0 Å². The average Bonchev–Trinajstić information content (AvgIpc) is 2.65. The number of likely N-dealkylation sites (N-methyl/N-ethyl adjacent to an activating group) is 2. The minimum absolute atomic E-state index is 0.0370. The van der Waals surface area contributed by atoms with Crippen LogP contribution in [-0.2, 0) is 14.3 Å². The van der Waals surface area contributed by atoms with Crippen molar-refractivity contribution in [2.45, 2.75) is 105 Å². The smallest absolute Gasteiger partial charge is 0.410 e. The van der Waals surface area contributed by atoms with Crippen LogP contribution in [0.1, 0.15) is 82.1 Å². The monoisotopic (exact) mass is 476 g/mol. The van der Waals surface area contributed by atoms with E-state index in [0.717, 1.165) is 11.3 Å². The molecule has 0 aliphatic rings. The first-order valence-corrected chi connectivity index (χ1v) is 11.6. The molecule has 0 aliphatic heterocycles. The molecule has 0 aromatic heterocycles. The molecule has 0 fully saturated rings. The Kier molecular flexibility index (Phi) is 14.3. The van der Waals surface area contributed by atoms with Crippen LogP contribution in [-0.4, -0.2) is 82.2 Å². The van der Waals surface area contributed by atoms with Crippen molar-refractivity contribution < 1.29 is 34.1 Å². The highest BCUT2D eigenvalue weighted by molar-refractivity contribution is 5.80. The van der Waals surface area contributed by atoms with Crippen LogP contribution < -0.4 is 0 Å². The zero-order valence-corrected chi connectivity index (χ0v) is 22.8. The third-order valence-corrected chi connectivity index (χ3v) is 5.20. The second kappa shape index (κ2) is 14.3. The molecule has 0 spiro atoms. The van der Waals surface area contributed by atoms with Crippen molar-refractivity contribution >= 4 is 18.2 Å². The lowest BCUT2D eigenvalue weighted by molar-refractivity contribution is -0.144. The minimum atomic E-state index is -1.01. The third-order valence-electron chi connectivity index (χ3n) is 5.20. The van der Waals surface area contributed by atoms with E-state index in [0.29, 0.717) is 6.42 Å². The lowest BCUT2D eigenvalue weighted by Crippen LogP contribution is -2.48. The van der Waals surface area contributed by atoms with Gasteiger partial charge in [0.1, 0.15) is 17.2 Å². The molecular weight excluding hydrogens is 428 g/mol. The summed E-state index contributed by atoms with van der Waals surface area (Å²) in [4.78, 5) is 37.3. The minimum Gasteiger partial charge on any atom is -0.480 e. The number of hydrogen-bond donors (Lipinski definition) is 2. The van der Waals surface area contributed by atoms with E-state index in [2.05, 4.69) is 0 Å². The molecule has 196 valence electrons. The van der Waals surface area contributed by atoms with Crippen LogP contribution >= 0.6 is 0 Å². The van der Waals surface area contributed by atoms with Crippen molar-refractivity contribution in [2.75, 3.05) is 20.7 Å². The number of nitrogens with zero attached hydrogens (tertiary/aromatic N) is 2. The summed E-state index contributed by atoms with van der Waals surface area (Å²) in [5.41, 5.74) is -1.12. The summed E-state index contributed by atoms with van der Waals surface area (Å²) in [7, 11) is 3.13. The standard InChI is InChI=1S/C12H23NO4.C12H25NO3/c1-7-8(2)9(10(14)15)13(6)11(16)17-12(3,4)5;1-7-9(2)10(8-14)13(6)11(15)16-12(3,4)5/h8-9H,7H2,1-6H3,(H,14,15);9-10,14H,7-8H2,1-6H3/t8-,9-;9-,10+/m00/s1. The highest BCUT2D eigenvalue weighted by Gasteiger charge is 2.33. The van der Waals surface area contributed by atoms with E-state index in [4.69, 9.17) is 14.6 Å². The highest BCUT2D eigenvalue weighted by atomic mass is 16.6. The van der Waals surface area contributed by atoms with Gasteiger partial charge >= 0.3 is 18.2 Å².